The molecule has 0 spiro atoms. The lowest BCUT2D eigenvalue weighted by Gasteiger charge is -2.17. The third kappa shape index (κ3) is 3.39. The molecule has 0 unspecified atom stereocenters. The first-order valence-electron chi connectivity index (χ1n) is 8.24. The molecule has 0 saturated heterocycles. The fraction of sp³-hybridized carbons (Fsp3) is 0.0476. The number of hydrogen-bond acceptors (Lipinski definition) is 3. The van der Waals surface area contributed by atoms with Gasteiger partial charge in [0.25, 0.3) is 0 Å². The zero-order valence-corrected chi connectivity index (χ0v) is 14.7. The minimum absolute atomic E-state index is 0.0344. The minimum Gasteiger partial charge on any atom is -0.274 e. The van der Waals surface area contributed by atoms with Gasteiger partial charge < -0.3 is 0 Å². The molecular weight excluding hydrogens is 345 g/mol. The third-order valence-corrected chi connectivity index (χ3v) is 5.33. The van der Waals surface area contributed by atoms with E-state index in [2.05, 4.69) is 34.5 Å². The monoisotopic (exact) mass is 361 g/mol. The van der Waals surface area contributed by atoms with Crippen LogP contribution in [0.2, 0.25) is 0 Å². The van der Waals surface area contributed by atoms with Crippen molar-refractivity contribution in [2.75, 3.05) is 0 Å². The first kappa shape index (κ1) is 16.5. The maximum Gasteiger partial charge on any atom is 0.196 e. The Morgan fingerprint density at radius 1 is 0.769 bits per heavy atom. The summed E-state index contributed by atoms with van der Waals surface area (Å²) in [6.45, 7) is 0. The molecule has 0 N–H and O–H groups in total. The Kier molecular flexibility index (Phi) is 4.80. The van der Waals surface area contributed by atoms with Crippen LogP contribution in [0.4, 0.5) is 4.39 Å². The van der Waals surface area contributed by atoms with Crippen LogP contribution < -0.4 is 0 Å². The molecule has 0 bridgehead atoms. The summed E-state index contributed by atoms with van der Waals surface area (Å²) in [5, 5.41) is 8.92. The standard InChI is InChI=1S/C21H16FN3S/c22-18-13-7-8-14-19(18)25-15-23-24-21(25)26-20(16-9-3-1-4-10-16)17-11-5-2-6-12-17/h1-15,20H. The maximum atomic E-state index is 14.2. The van der Waals surface area contributed by atoms with Crippen molar-refractivity contribution in [3.63, 3.8) is 0 Å². The Balaban J connectivity index is 1.75. The molecular formula is C21H16FN3S. The zero-order chi connectivity index (χ0) is 17.8. The van der Waals surface area contributed by atoms with E-state index in [1.165, 1.54) is 6.07 Å². The molecule has 0 amide bonds. The van der Waals surface area contributed by atoms with Crippen LogP contribution in [0.1, 0.15) is 16.4 Å². The van der Waals surface area contributed by atoms with Gasteiger partial charge in [0.1, 0.15) is 12.1 Å². The van der Waals surface area contributed by atoms with Crippen LogP contribution in [-0.4, -0.2) is 14.8 Å². The van der Waals surface area contributed by atoms with Gasteiger partial charge in [0, 0.05) is 0 Å². The molecule has 0 fully saturated rings. The van der Waals surface area contributed by atoms with Crippen LogP contribution in [0.5, 0.6) is 0 Å². The second-order valence-electron chi connectivity index (χ2n) is 5.75. The highest BCUT2D eigenvalue weighted by molar-refractivity contribution is 7.99. The fourth-order valence-electron chi connectivity index (χ4n) is 2.81. The van der Waals surface area contributed by atoms with E-state index >= 15 is 0 Å². The second-order valence-corrected chi connectivity index (χ2v) is 6.83. The van der Waals surface area contributed by atoms with Gasteiger partial charge in [0.05, 0.1) is 10.9 Å². The normalized spacial score (nSPS) is 11.0. The van der Waals surface area contributed by atoms with Gasteiger partial charge in [-0.1, -0.05) is 84.6 Å². The minimum atomic E-state index is -0.301. The van der Waals surface area contributed by atoms with Gasteiger partial charge in [0.2, 0.25) is 0 Å². The number of hydrogen-bond donors (Lipinski definition) is 0. The predicted octanol–water partition coefficient (Wildman–Crippen LogP) is 5.29. The number of aromatic nitrogens is 3. The van der Waals surface area contributed by atoms with Crippen molar-refractivity contribution in [3.05, 3.63) is 108 Å². The van der Waals surface area contributed by atoms with Crippen molar-refractivity contribution in [1.82, 2.24) is 14.8 Å². The van der Waals surface area contributed by atoms with Crippen LogP contribution in [0.15, 0.2) is 96.4 Å². The molecule has 3 nitrogen and oxygen atoms in total. The molecule has 4 rings (SSSR count). The van der Waals surface area contributed by atoms with E-state index in [4.69, 9.17) is 0 Å². The van der Waals surface area contributed by atoms with Crippen LogP contribution in [0.25, 0.3) is 5.69 Å². The summed E-state index contributed by atoms with van der Waals surface area (Å²) in [6.07, 6.45) is 1.55. The molecule has 0 saturated carbocycles. The number of halogens is 1. The lowest BCUT2D eigenvalue weighted by Crippen LogP contribution is -2.02. The van der Waals surface area contributed by atoms with E-state index < -0.39 is 0 Å². The SMILES string of the molecule is Fc1ccccc1-n1cnnc1SC(c1ccccc1)c1ccccc1. The molecule has 1 heterocycles. The van der Waals surface area contributed by atoms with Crippen molar-refractivity contribution in [2.45, 2.75) is 10.4 Å². The van der Waals surface area contributed by atoms with Crippen LogP contribution in [0, 0.1) is 5.82 Å². The van der Waals surface area contributed by atoms with Crippen LogP contribution in [0.3, 0.4) is 0 Å². The van der Waals surface area contributed by atoms with Gasteiger partial charge in [-0.2, -0.15) is 0 Å². The summed E-state index contributed by atoms with van der Waals surface area (Å²) in [4.78, 5) is 0. The smallest absolute Gasteiger partial charge is 0.196 e. The van der Waals surface area contributed by atoms with Crippen LogP contribution >= 0.6 is 11.8 Å². The lowest BCUT2D eigenvalue weighted by atomic mass is 10.0. The highest BCUT2D eigenvalue weighted by atomic mass is 32.2. The second kappa shape index (κ2) is 7.54. The zero-order valence-electron chi connectivity index (χ0n) is 13.9. The van der Waals surface area contributed by atoms with Gasteiger partial charge in [-0.15, -0.1) is 10.2 Å². The average molecular weight is 361 g/mol. The molecule has 0 aliphatic heterocycles. The fourth-order valence-corrected chi connectivity index (χ4v) is 3.96. The van der Waals surface area contributed by atoms with E-state index in [-0.39, 0.29) is 11.1 Å². The summed E-state index contributed by atoms with van der Waals surface area (Å²) in [6, 6.07) is 27.1. The number of thioether (sulfide) groups is 1. The first-order chi connectivity index (χ1) is 12.8. The topological polar surface area (TPSA) is 30.7 Å². The van der Waals surface area contributed by atoms with Gasteiger partial charge in [-0.25, -0.2) is 4.39 Å². The predicted molar refractivity (Wildman–Crippen MR) is 102 cm³/mol. The first-order valence-corrected chi connectivity index (χ1v) is 9.12. The van der Waals surface area contributed by atoms with E-state index in [0.717, 1.165) is 11.1 Å². The third-order valence-electron chi connectivity index (χ3n) is 4.06. The van der Waals surface area contributed by atoms with Crippen molar-refractivity contribution >= 4 is 11.8 Å². The Bertz CT molecular complexity index is 947. The van der Waals surface area contributed by atoms with E-state index in [9.17, 15) is 4.39 Å². The van der Waals surface area contributed by atoms with Crippen molar-refractivity contribution < 1.29 is 4.39 Å². The molecule has 128 valence electrons. The summed E-state index contributed by atoms with van der Waals surface area (Å²) < 4.78 is 15.9. The number of nitrogens with zero attached hydrogens (tertiary/aromatic N) is 3. The van der Waals surface area contributed by atoms with Crippen molar-refractivity contribution in [2.24, 2.45) is 0 Å². The van der Waals surface area contributed by atoms with Crippen molar-refractivity contribution in [3.8, 4) is 5.69 Å². The Morgan fingerprint density at radius 2 is 1.35 bits per heavy atom. The van der Waals surface area contributed by atoms with E-state index in [1.807, 2.05) is 36.4 Å². The quantitative estimate of drug-likeness (QED) is 0.453. The van der Waals surface area contributed by atoms with Gasteiger partial charge in [0.15, 0.2) is 5.16 Å². The van der Waals surface area contributed by atoms with Gasteiger partial charge in [-0.05, 0) is 23.3 Å². The lowest BCUT2D eigenvalue weighted by molar-refractivity contribution is 0.613. The molecule has 0 aliphatic rings. The van der Waals surface area contributed by atoms with E-state index in [1.54, 1.807) is 40.9 Å². The summed E-state index contributed by atoms with van der Waals surface area (Å²) in [7, 11) is 0. The summed E-state index contributed by atoms with van der Waals surface area (Å²) in [5.74, 6) is -0.301. The molecule has 3 aromatic carbocycles. The number of rotatable bonds is 5. The van der Waals surface area contributed by atoms with Crippen LogP contribution in [-0.2, 0) is 0 Å². The molecule has 0 radical (unpaired) electrons. The highest BCUT2D eigenvalue weighted by Crippen LogP contribution is 2.40. The van der Waals surface area contributed by atoms with Gasteiger partial charge >= 0.3 is 0 Å². The number of para-hydroxylation sites is 1. The molecule has 0 aliphatic carbocycles. The highest BCUT2D eigenvalue weighted by Gasteiger charge is 2.20. The largest absolute Gasteiger partial charge is 0.274 e. The Morgan fingerprint density at radius 3 is 1.96 bits per heavy atom. The Hall–Kier alpha value is -2.92. The summed E-state index contributed by atoms with van der Waals surface area (Å²) >= 11 is 1.55. The Labute approximate surface area is 155 Å². The molecule has 4 aromatic rings. The molecule has 5 heteroatoms. The van der Waals surface area contributed by atoms with E-state index in [0.29, 0.717) is 10.8 Å². The maximum absolute atomic E-state index is 14.2. The molecule has 26 heavy (non-hydrogen) atoms. The molecule has 0 atom stereocenters. The average Bonchev–Trinajstić information content (AvgIpc) is 3.16. The summed E-state index contributed by atoms with van der Waals surface area (Å²) in [5.41, 5.74) is 2.76. The molecule has 1 aromatic heterocycles. The van der Waals surface area contributed by atoms with Gasteiger partial charge in [-0.3, -0.25) is 4.57 Å². The number of benzene rings is 3. The van der Waals surface area contributed by atoms with Crippen molar-refractivity contribution in [1.29, 1.82) is 0 Å².